The van der Waals surface area contributed by atoms with E-state index in [1.54, 1.807) is 6.20 Å². The first-order valence-electron chi connectivity index (χ1n) is 6.29. The van der Waals surface area contributed by atoms with E-state index >= 15 is 0 Å². The van der Waals surface area contributed by atoms with Crippen LogP contribution >= 0.6 is 11.6 Å². The van der Waals surface area contributed by atoms with Gasteiger partial charge in [0.15, 0.2) is 5.82 Å². The van der Waals surface area contributed by atoms with E-state index < -0.39 is 0 Å². The van der Waals surface area contributed by atoms with Crippen molar-refractivity contribution in [1.29, 1.82) is 0 Å². The van der Waals surface area contributed by atoms with Gasteiger partial charge >= 0.3 is 0 Å². The molecule has 1 heterocycles. The third-order valence-corrected chi connectivity index (χ3v) is 3.13. The molecule has 0 aliphatic heterocycles. The number of aromatic nitrogens is 2. The smallest absolute Gasteiger partial charge is 0.224 e. The van der Waals surface area contributed by atoms with Crippen LogP contribution in [0.15, 0.2) is 6.20 Å². The zero-order chi connectivity index (χ0) is 12.3. The van der Waals surface area contributed by atoms with E-state index in [9.17, 15) is 0 Å². The monoisotopic (exact) mass is 254 g/mol. The molecule has 0 spiro atoms. The summed E-state index contributed by atoms with van der Waals surface area (Å²) in [6, 6.07) is 0.617. The van der Waals surface area contributed by atoms with Gasteiger partial charge in [0.2, 0.25) is 5.95 Å². The molecule has 1 aliphatic rings. The van der Waals surface area contributed by atoms with Crippen LogP contribution in [0.25, 0.3) is 0 Å². The molecule has 0 aromatic carbocycles. The molecule has 0 bridgehead atoms. The molecule has 17 heavy (non-hydrogen) atoms. The summed E-state index contributed by atoms with van der Waals surface area (Å²) in [6.07, 6.45) is 5.23. The summed E-state index contributed by atoms with van der Waals surface area (Å²) >= 11 is 6.18. The fraction of sp³-hybridized carbons (Fsp3) is 0.667. The highest BCUT2D eigenvalue weighted by atomic mass is 35.5. The molecule has 0 saturated heterocycles. The van der Waals surface area contributed by atoms with Crippen LogP contribution in [0, 0.1) is 0 Å². The normalized spacial score (nSPS) is 14.8. The number of hydrogen-bond donors (Lipinski definition) is 1. The van der Waals surface area contributed by atoms with Gasteiger partial charge in [0.1, 0.15) is 5.02 Å². The lowest BCUT2D eigenvalue weighted by Gasteiger charge is -2.22. The molecule has 1 aromatic heterocycles. The first kappa shape index (κ1) is 12.4. The summed E-state index contributed by atoms with van der Waals surface area (Å²) in [4.78, 5) is 11.0. The van der Waals surface area contributed by atoms with E-state index in [1.165, 1.54) is 12.8 Å². The Hall–Kier alpha value is -1.03. The zero-order valence-electron chi connectivity index (χ0n) is 10.4. The van der Waals surface area contributed by atoms with Gasteiger partial charge in [-0.3, -0.25) is 0 Å². The molecule has 0 radical (unpaired) electrons. The van der Waals surface area contributed by atoms with E-state index in [-0.39, 0.29) is 0 Å². The maximum absolute atomic E-state index is 6.18. The molecule has 1 saturated carbocycles. The Balaban J connectivity index is 2.18. The third kappa shape index (κ3) is 3.00. The second kappa shape index (κ2) is 5.54. The minimum absolute atomic E-state index is 0.617. The van der Waals surface area contributed by atoms with Crippen molar-refractivity contribution in [2.24, 2.45) is 0 Å². The van der Waals surface area contributed by atoms with Crippen molar-refractivity contribution >= 4 is 23.4 Å². The van der Waals surface area contributed by atoms with Crippen LogP contribution in [0.4, 0.5) is 11.8 Å². The van der Waals surface area contributed by atoms with Crippen LogP contribution in [0.2, 0.25) is 5.02 Å². The molecule has 1 aliphatic carbocycles. The standard InChI is InChI=1S/C12H19ClN4/c1-3-7-14-12-15-8-10(13)11(16-12)17(4-2)9-5-6-9/h8-9H,3-7H2,1-2H3,(H,14,15,16). The van der Waals surface area contributed by atoms with E-state index in [2.05, 4.69) is 34.0 Å². The predicted molar refractivity (Wildman–Crippen MR) is 71.9 cm³/mol. The van der Waals surface area contributed by atoms with Crippen molar-refractivity contribution < 1.29 is 0 Å². The second-order valence-corrected chi connectivity index (χ2v) is 4.72. The van der Waals surface area contributed by atoms with Gasteiger partial charge in [-0.15, -0.1) is 0 Å². The Morgan fingerprint density at radius 1 is 1.47 bits per heavy atom. The average molecular weight is 255 g/mol. The molecule has 1 aromatic rings. The van der Waals surface area contributed by atoms with Crippen LogP contribution in [-0.2, 0) is 0 Å². The predicted octanol–water partition coefficient (Wildman–Crippen LogP) is 2.94. The SMILES string of the molecule is CCCNc1ncc(Cl)c(N(CC)C2CC2)n1. The fourth-order valence-electron chi connectivity index (χ4n) is 1.85. The van der Waals surface area contributed by atoms with Crippen LogP contribution in [0.3, 0.4) is 0 Å². The number of nitrogens with zero attached hydrogens (tertiary/aromatic N) is 3. The van der Waals surface area contributed by atoms with Crippen LogP contribution < -0.4 is 10.2 Å². The van der Waals surface area contributed by atoms with Gasteiger partial charge in [-0.25, -0.2) is 4.98 Å². The second-order valence-electron chi connectivity index (χ2n) is 4.31. The topological polar surface area (TPSA) is 41.1 Å². The van der Waals surface area contributed by atoms with Gasteiger partial charge in [0, 0.05) is 19.1 Å². The first-order chi connectivity index (χ1) is 8.26. The van der Waals surface area contributed by atoms with Crippen LogP contribution in [-0.4, -0.2) is 29.1 Å². The number of rotatable bonds is 6. The quantitative estimate of drug-likeness (QED) is 0.848. The minimum Gasteiger partial charge on any atom is -0.354 e. The number of nitrogens with one attached hydrogen (secondary N) is 1. The molecule has 1 fully saturated rings. The molecule has 4 nitrogen and oxygen atoms in total. The van der Waals surface area contributed by atoms with Gasteiger partial charge in [0.05, 0.1) is 6.20 Å². The molecule has 2 rings (SSSR count). The lowest BCUT2D eigenvalue weighted by atomic mass is 10.4. The Morgan fingerprint density at radius 3 is 2.82 bits per heavy atom. The Morgan fingerprint density at radius 2 is 2.24 bits per heavy atom. The number of hydrogen-bond acceptors (Lipinski definition) is 4. The first-order valence-corrected chi connectivity index (χ1v) is 6.67. The highest BCUT2D eigenvalue weighted by Gasteiger charge is 2.30. The molecule has 0 amide bonds. The molecular weight excluding hydrogens is 236 g/mol. The summed E-state index contributed by atoms with van der Waals surface area (Å²) in [7, 11) is 0. The highest BCUT2D eigenvalue weighted by molar-refractivity contribution is 6.32. The van der Waals surface area contributed by atoms with Crippen molar-refractivity contribution in [2.75, 3.05) is 23.3 Å². The summed E-state index contributed by atoms with van der Waals surface area (Å²) in [5, 5.41) is 3.83. The van der Waals surface area contributed by atoms with E-state index in [1.807, 2.05) is 0 Å². The van der Waals surface area contributed by atoms with Gasteiger partial charge in [-0.05, 0) is 26.2 Å². The van der Waals surface area contributed by atoms with Gasteiger partial charge in [0.25, 0.3) is 0 Å². The summed E-state index contributed by atoms with van der Waals surface area (Å²) in [5.41, 5.74) is 0. The molecule has 0 unspecified atom stereocenters. The molecular formula is C12H19ClN4. The summed E-state index contributed by atoms with van der Waals surface area (Å²) in [5.74, 6) is 1.54. The van der Waals surface area contributed by atoms with E-state index in [4.69, 9.17) is 11.6 Å². The lowest BCUT2D eigenvalue weighted by molar-refractivity contribution is 0.804. The molecule has 5 heteroatoms. The van der Waals surface area contributed by atoms with Crippen molar-refractivity contribution in [3.63, 3.8) is 0 Å². The third-order valence-electron chi connectivity index (χ3n) is 2.86. The zero-order valence-corrected chi connectivity index (χ0v) is 11.2. The highest BCUT2D eigenvalue weighted by Crippen LogP contribution is 2.34. The maximum atomic E-state index is 6.18. The Bertz CT molecular complexity index is 379. The number of halogens is 1. The Kier molecular flexibility index (Phi) is 4.05. The molecule has 1 N–H and O–H groups in total. The lowest BCUT2D eigenvalue weighted by Crippen LogP contribution is -2.26. The summed E-state index contributed by atoms with van der Waals surface area (Å²) in [6.45, 7) is 6.08. The fourth-order valence-corrected chi connectivity index (χ4v) is 2.05. The minimum atomic E-state index is 0.617. The van der Waals surface area contributed by atoms with Gasteiger partial charge in [-0.2, -0.15) is 4.98 Å². The average Bonchev–Trinajstić information content (AvgIpc) is 3.15. The summed E-state index contributed by atoms with van der Waals surface area (Å²) < 4.78 is 0. The van der Waals surface area contributed by atoms with E-state index in [0.29, 0.717) is 17.0 Å². The van der Waals surface area contributed by atoms with E-state index in [0.717, 1.165) is 25.3 Å². The van der Waals surface area contributed by atoms with Crippen LogP contribution in [0.1, 0.15) is 33.1 Å². The van der Waals surface area contributed by atoms with Crippen molar-refractivity contribution in [2.45, 2.75) is 39.2 Å². The van der Waals surface area contributed by atoms with Gasteiger partial charge < -0.3 is 10.2 Å². The van der Waals surface area contributed by atoms with Gasteiger partial charge in [-0.1, -0.05) is 18.5 Å². The van der Waals surface area contributed by atoms with Crippen molar-refractivity contribution in [3.05, 3.63) is 11.2 Å². The molecule has 0 atom stereocenters. The maximum Gasteiger partial charge on any atom is 0.224 e. The van der Waals surface area contributed by atoms with Crippen molar-refractivity contribution in [3.8, 4) is 0 Å². The molecule has 94 valence electrons. The largest absolute Gasteiger partial charge is 0.354 e. The van der Waals surface area contributed by atoms with Crippen LogP contribution in [0.5, 0.6) is 0 Å². The number of anilines is 2. The van der Waals surface area contributed by atoms with Crippen molar-refractivity contribution in [1.82, 2.24) is 9.97 Å². The Labute approximate surface area is 107 Å².